The van der Waals surface area contributed by atoms with E-state index in [0.29, 0.717) is 0 Å². The van der Waals surface area contributed by atoms with Gasteiger partial charge in [0.1, 0.15) is 0 Å². The number of anilines is 4. The van der Waals surface area contributed by atoms with Gasteiger partial charge in [0.15, 0.2) is 0 Å². The molecule has 0 fully saturated rings. The molecule has 4 nitrogen and oxygen atoms in total. The van der Waals surface area contributed by atoms with Gasteiger partial charge in [0.2, 0.25) is 0 Å². The van der Waals surface area contributed by atoms with Gasteiger partial charge in [-0.3, -0.25) is 0 Å². The average molecular weight is 306 g/mol. The molecule has 0 spiro atoms. The summed E-state index contributed by atoms with van der Waals surface area (Å²) < 4.78 is 0. The smallest absolute Gasteiger partial charge is 0.0849 e. The van der Waals surface area contributed by atoms with Crippen LogP contribution < -0.4 is 22.1 Å². The minimum atomic E-state index is 0.730. The third kappa shape index (κ3) is 6.44. The van der Waals surface area contributed by atoms with Gasteiger partial charge in [0.05, 0.1) is 6.67 Å². The van der Waals surface area contributed by atoms with Crippen molar-refractivity contribution in [3.8, 4) is 0 Å². The van der Waals surface area contributed by atoms with Crippen LogP contribution in [-0.2, 0) is 0 Å². The maximum Gasteiger partial charge on any atom is 0.0849 e. The van der Waals surface area contributed by atoms with E-state index in [0.717, 1.165) is 29.4 Å². The summed E-state index contributed by atoms with van der Waals surface area (Å²) in [7, 11) is 0. The van der Waals surface area contributed by atoms with Crippen molar-refractivity contribution in [1.29, 1.82) is 0 Å². The van der Waals surface area contributed by atoms with Crippen LogP contribution in [0.1, 0.15) is 0 Å². The standard InChI is InChI=1S/C13H14N2.C6H8N2/c1-3-7-12(8-4-1)14-11-15-13-9-5-2-6-10-13;7-5-1-2-6(8)4-3-5/h1-10,14-15H,11H2;1-4H,7-8H2. The SMILES string of the molecule is Nc1ccc(N)cc1.c1ccc(NCNc2ccccc2)cc1. The third-order valence-corrected chi connectivity index (χ3v) is 3.07. The zero-order valence-corrected chi connectivity index (χ0v) is 12.9. The minimum absolute atomic E-state index is 0.730. The van der Waals surface area contributed by atoms with Gasteiger partial charge in [0, 0.05) is 22.7 Å². The number of rotatable bonds is 4. The molecule has 4 heteroatoms. The number of nitrogens with two attached hydrogens (primary N) is 2. The van der Waals surface area contributed by atoms with E-state index in [-0.39, 0.29) is 0 Å². The van der Waals surface area contributed by atoms with Crippen LogP contribution in [0.5, 0.6) is 0 Å². The molecule has 0 heterocycles. The second kappa shape index (κ2) is 9.00. The Labute approximate surface area is 137 Å². The van der Waals surface area contributed by atoms with Crippen LogP contribution in [0, 0.1) is 0 Å². The zero-order chi connectivity index (χ0) is 16.3. The summed E-state index contributed by atoms with van der Waals surface area (Å²) in [6.07, 6.45) is 0. The van der Waals surface area contributed by atoms with Gasteiger partial charge in [-0.25, -0.2) is 0 Å². The molecule has 6 N–H and O–H groups in total. The van der Waals surface area contributed by atoms with E-state index in [1.807, 2.05) is 60.7 Å². The van der Waals surface area contributed by atoms with Crippen LogP contribution in [0.25, 0.3) is 0 Å². The Kier molecular flexibility index (Phi) is 6.35. The molecule has 3 aromatic rings. The van der Waals surface area contributed by atoms with Crippen LogP contribution >= 0.6 is 0 Å². The van der Waals surface area contributed by atoms with E-state index in [1.54, 1.807) is 24.3 Å². The summed E-state index contributed by atoms with van der Waals surface area (Å²) in [4.78, 5) is 0. The van der Waals surface area contributed by atoms with Crippen molar-refractivity contribution < 1.29 is 0 Å². The highest BCUT2D eigenvalue weighted by molar-refractivity contribution is 5.48. The minimum Gasteiger partial charge on any atom is -0.399 e. The van der Waals surface area contributed by atoms with Gasteiger partial charge in [-0.2, -0.15) is 0 Å². The first-order valence-electron chi connectivity index (χ1n) is 7.43. The number of benzene rings is 3. The fraction of sp³-hybridized carbons (Fsp3) is 0.0526. The predicted octanol–water partition coefficient (Wildman–Crippen LogP) is 4.02. The van der Waals surface area contributed by atoms with Crippen molar-refractivity contribution in [3.05, 3.63) is 84.9 Å². The van der Waals surface area contributed by atoms with Crippen molar-refractivity contribution in [2.75, 3.05) is 28.8 Å². The Bertz CT molecular complexity index is 606. The summed E-state index contributed by atoms with van der Waals surface area (Å²) in [6.45, 7) is 0.730. The first-order chi connectivity index (χ1) is 11.2. The lowest BCUT2D eigenvalue weighted by Gasteiger charge is -2.08. The number of hydrogen-bond acceptors (Lipinski definition) is 4. The Balaban J connectivity index is 0.000000203. The first-order valence-corrected chi connectivity index (χ1v) is 7.43. The van der Waals surface area contributed by atoms with Crippen LogP contribution in [0.3, 0.4) is 0 Å². The fourth-order valence-electron chi connectivity index (χ4n) is 1.86. The lowest BCUT2D eigenvalue weighted by Crippen LogP contribution is -2.11. The van der Waals surface area contributed by atoms with Gasteiger partial charge >= 0.3 is 0 Å². The molecule has 0 aliphatic rings. The summed E-state index contributed by atoms with van der Waals surface area (Å²) in [6, 6.07) is 27.4. The lowest BCUT2D eigenvalue weighted by atomic mass is 10.3. The van der Waals surface area contributed by atoms with Crippen molar-refractivity contribution >= 4 is 22.7 Å². The van der Waals surface area contributed by atoms with Crippen LogP contribution in [0.15, 0.2) is 84.9 Å². The molecule has 0 radical (unpaired) electrons. The second-order valence-electron chi connectivity index (χ2n) is 4.93. The molecule has 0 aliphatic heterocycles. The van der Waals surface area contributed by atoms with E-state index in [9.17, 15) is 0 Å². The Hall–Kier alpha value is -3.14. The molecule has 0 unspecified atom stereocenters. The molecule has 0 aliphatic carbocycles. The summed E-state index contributed by atoms with van der Waals surface area (Å²) in [5.41, 5.74) is 14.5. The third-order valence-electron chi connectivity index (χ3n) is 3.07. The van der Waals surface area contributed by atoms with Crippen LogP contribution in [0.4, 0.5) is 22.7 Å². The van der Waals surface area contributed by atoms with E-state index < -0.39 is 0 Å². The van der Waals surface area contributed by atoms with Crippen LogP contribution in [0.2, 0.25) is 0 Å². The molecule has 3 aromatic carbocycles. The van der Waals surface area contributed by atoms with E-state index in [2.05, 4.69) is 10.6 Å². The lowest BCUT2D eigenvalue weighted by molar-refractivity contribution is 1.22. The van der Waals surface area contributed by atoms with Gasteiger partial charge in [-0.05, 0) is 48.5 Å². The summed E-state index contributed by atoms with van der Waals surface area (Å²) in [5.74, 6) is 0. The maximum absolute atomic E-state index is 5.37. The summed E-state index contributed by atoms with van der Waals surface area (Å²) in [5, 5.41) is 6.56. The maximum atomic E-state index is 5.37. The van der Waals surface area contributed by atoms with E-state index in [1.165, 1.54) is 0 Å². The monoisotopic (exact) mass is 306 g/mol. The molecule has 0 atom stereocenters. The molecule has 3 rings (SSSR count). The second-order valence-corrected chi connectivity index (χ2v) is 4.93. The number of nitrogen functional groups attached to an aromatic ring is 2. The van der Waals surface area contributed by atoms with Gasteiger partial charge in [-0.1, -0.05) is 36.4 Å². The Morgan fingerprint density at radius 1 is 0.522 bits per heavy atom. The average Bonchev–Trinajstić information content (AvgIpc) is 2.60. The normalized spacial score (nSPS) is 9.39. The Morgan fingerprint density at radius 2 is 0.870 bits per heavy atom. The molecule has 0 aromatic heterocycles. The molecular weight excluding hydrogens is 284 g/mol. The number of hydrogen-bond donors (Lipinski definition) is 4. The molecule has 0 saturated heterocycles. The van der Waals surface area contributed by atoms with Crippen molar-refractivity contribution in [3.63, 3.8) is 0 Å². The fourth-order valence-corrected chi connectivity index (χ4v) is 1.86. The number of para-hydroxylation sites is 2. The van der Waals surface area contributed by atoms with Crippen molar-refractivity contribution in [2.45, 2.75) is 0 Å². The van der Waals surface area contributed by atoms with Crippen molar-refractivity contribution in [2.24, 2.45) is 0 Å². The summed E-state index contributed by atoms with van der Waals surface area (Å²) >= 11 is 0. The zero-order valence-electron chi connectivity index (χ0n) is 12.9. The van der Waals surface area contributed by atoms with Crippen LogP contribution in [-0.4, -0.2) is 6.67 Å². The molecule has 0 saturated carbocycles. The van der Waals surface area contributed by atoms with E-state index >= 15 is 0 Å². The van der Waals surface area contributed by atoms with E-state index in [4.69, 9.17) is 11.5 Å². The molecule has 118 valence electrons. The quantitative estimate of drug-likeness (QED) is 0.434. The Morgan fingerprint density at radius 3 is 1.22 bits per heavy atom. The highest BCUT2D eigenvalue weighted by Crippen LogP contribution is 2.07. The van der Waals surface area contributed by atoms with Crippen molar-refractivity contribution in [1.82, 2.24) is 0 Å². The highest BCUT2D eigenvalue weighted by atomic mass is 15.1. The first kappa shape index (κ1) is 16.2. The van der Waals surface area contributed by atoms with Gasteiger partial charge in [0.25, 0.3) is 0 Å². The predicted molar refractivity (Wildman–Crippen MR) is 100 cm³/mol. The largest absolute Gasteiger partial charge is 0.399 e. The van der Waals surface area contributed by atoms with Gasteiger partial charge in [-0.15, -0.1) is 0 Å². The topological polar surface area (TPSA) is 76.1 Å². The molecular formula is C19H22N4. The van der Waals surface area contributed by atoms with Gasteiger partial charge < -0.3 is 22.1 Å². The molecule has 0 bridgehead atoms. The number of nitrogens with one attached hydrogen (secondary N) is 2. The molecule has 23 heavy (non-hydrogen) atoms. The highest BCUT2D eigenvalue weighted by Gasteiger charge is 1.89. The molecule has 0 amide bonds.